The van der Waals surface area contributed by atoms with Gasteiger partial charge in [0, 0.05) is 35.4 Å². The van der Waals surface area contributed by atoms with E-state index in [1.54, 1.807) is 50.6 Å². The number of aromatic nitrogens is 5. The van der Waals surface area contributed by atoms with Gasteiger partial charge in [-0.05, 0) is 42.8 Å². The van der Waals surface area contributed by atoms with Crippen LogP contribution in [0.3, 0.4) is 0 Å². The number of nitrogens with two attached hydrogens (primary N) is 1. The zero-order valence-corrected chi connectivity index (χ0v) is 22.1. The molecule has 0 fully saturated rings. The smallest absolute Gasteiger partial charge is 0.280 e. The van der Waals surface area contributed by atoms with E-state index >= 15 is 0 Å². The van der Waals surface area contributed by atoms with E-state index in [9.17, 15) is 18.4 Å². The van der Waals surface area contributed by atoms with Crippen molar-refractivity contribution < 1.29 is 23.1 Å². The Hall–Kier alpha value is -4.36. The molecular weight excluding hydrogens is 552 g/mol. The minimum atomic E-state index is -2.86. The molecule has 0 atom stereocenters. The third kappa shape index (κ3) is 5.31. The van der Waals surface area contributed by atoms with Gasteiger partial charge in [-0.15, -0.1) is 11.3 Å². The van der Waals surface area contributed by atoms with Gasteiger partial charge in [0.25, 0.3) is 18.2 Å². The predicted molar refractivity (Wildman–Crippen MR) is 142 cm³/mol. The van der Waals surface area contributed by atoms with Crippen LogP contribution in [-0.4, -0.2) is 36.4 Å². The Kier molecular flexibility index (Phi) is 7.02. The number of rotatable bonds is 8. The number of carbonyl (C=O) groups excluding carboxylic acids is 2. The zero-order chi connectivity index (χ0) is 27.8. The lowest BCUT2D eigenvalue weighted by atomic mass is 10.0. The van der Waals surface area contributed by atoms with E-state index in [0.29, 0.717) is 33.0 Å². The van der Waals surface area contributed by atoms with Gasteiger partial charge in [-0.3, -0.25) is 14.3 Å². The van der Waals surface area contributed by atoms with Crippen molar-refractivity contribution in [1.82, 2.24) is 24.5 Å². The molecule has 3 N–H and O–H groups in total. The average molecular weight is 572 g/mol. The van der Waals surface area contributed by atoms with Crippen LogP contribution in [0.15, 0.2) is 48.8 Å². The molecule has 0 bridgehead atoms. The van der Waals surface area contributed by atoms with E-state index in [1.165, 1.54) is 21.5 Å². The third-order valence-corrected chi connectivity index (χ3v) is 7.04. The number of pyridine rings is 1. The molecule has 0 unspecified atom stereocenters. The number of hydrogen-bond acceptors (Lipinski definition) is 7. The minimum absolute atomic E-state index is 0.00625. The number of benzene rings is 1. The van der Waals surface area contributed by atoms with Gasteiger partial charge in [-0.1, -0.05) is 17.7 Å². The summed E-state index contributed by atoms with van der Waals surface area (Å²) in [6, 6.07) is 9.51. The largest absolute Gasteiger partial charge is 0.471 e. The van der Waals surface area contributed by atoms with Crippen LogP contribution >= 0.6 is 22.9 Å². The van der Waals surface area contributed by atoms with Gasteiger partial charge in [0.2, 0.25) is 0 Å². The van der Waals surface area contributed by atoms with Crippen LogP contribution in [0, 0.1) is 6.92 Å². The first-order valence-corrected chi connectivity index (χ1v) is 12.6. The quantitative estimate of drug-likeness (QED) is 0.264. The molecule has 0 radical (unpaired) electrons. The lowest BCUT2D eigenvalue weighted by Crippen LogP contribution is -2.17. The molecular formula is C25H20ClF2N7O3S. The summed E-state index contributed by atoms with van der Waals surface area (Å²) >= 11 is 6.78. The SMILES string of the molecule is Cc1nn(C)cc1-c1cc(C(F)F)nc2sc(C(N)=O)c(NC(=O)c3ccn(COc4cccc(Cl)c4)n3)c12. The number of thiophene rings is 1. The van der Waals surface area contributed by atoms with Crippen molar-refractivity contribution in [1.29, 1.82) is 0 Å². The fraction of sp³-hybridized carbons (Fsp3) is 0.160. The number of aryl methyl sites for hydroxylation is 2. The second kappa shape index (κ2) is 10.4. The zero-order valence-electron chi connectivity index (χ0n) is 20.5. The minimum Gasteiger partial charge on any atom is -0.471 e. The molecule has 5 rings (SSSR count). The average Bonchev–Trinajstić information content (AvgIpc) is 3.59. The van der Waals surface area contributed by atoms with Crippen LogP contribution in [0.4, 0.5) is 14.5 Å². The Morgan fingerprint density at radius 1 is 1.21 bits per heavy atom. The standard InChI is InChI=1S/C25H20ClF2N7O3S/c1-12-16(10-34(2)32-12)15-9-18(22(27)28)30-25-19(15)20(21(39-25)23(29)36)31-24(37)17-6-7-35(33-17)11-38-14-5-3-4-13(26)8-14/h3-10,22H,11H2,1-2H3,(H2,29,36)(H,31,37). The Morgan fingerprint density at radius 2 is 2.00 bits per heavy atom. The second-order valence-corrected chi connectivity index (χ2v) is 9.91. The summed E-state index contributed by atoms with van der Waals surface area (Å²) in [5.74, 6) is -0.972. The van der Waals surface area contributed by atoms with Crippen LogP contribution in [0.25, 0.3) is 21.3 Å². The lowest BCUT2D eigenvalue weighted by molar-refractivity contribution is 0.100. The monoisotopic (exact) mass is 571 g/mol. The van der Waals surface area contributed by atoms with Gasteiger partial charge in [0.05, 0.1) is 11.4 Å². The molecule has 0 saturated carbocycles. The molecule has 10 nitrogen and oxygen atoms in total. The highest BCUT2D eigenvalue weighted by Gasteiger charge is 2.26. The van der Waals surface area contributed by atoms with Gasteiger partial charge in [0.1, 0.15) is 21.2 Å². The molecule has 4 aromatic heterocycles. The van der Waals surface area contributed by atoms with Gasteiger partial charge >= 0.3 is 0 Å². The highest BCUT2D eigenvalue weighted by atomic mass is 35.5. The molecule has 200 valence electrons. The number of anilines is 1. The van der Waals surface area contributed by atoms with Gasteiger partial charge in [-0.2, -0.15) is 10.2 Å². The third-order valence-electron chi connectivity index (χ3n) is 5.70. The number of nitrogens with one attached hydrogen (secondary N) is 1. The predicted octanol–water partition coefficient (Wildman–Crippen LogP) is 5.18. The first-order chi connectivity index (χ1) is 18.6. The van der Waals surface area contributed by atoms with Gasteiger partial charge in [-0.25, -0.2) is 18.4 Å². The number of hydrogen-bond donors (Lipinski definition) is 2. The van der Waals surface area contributed by atoms with Crippen LogP contribution < -0.4 is 15.8 Å². The van der Waals surface area contributed by atoms with Crippen LogP contribution in [0.5, 0.6) is 5.75 Å². The summed E-state index contributed by atoms with van der Waals surface area (Å²) in [4.78, 5) is 29.7. The number of primary amides is 1. The molecule has 0 aliphatic rings. The molecule has 1 aromatic carbocycles. The van der Waals surface area contributed by atoms with Gasteiger partial charge in [0.15, 0.2) is 12.4 Å². The fourth-order valence-electron chi connectivity index (χ4n) is 4.03. The number of halogens is 3. The second-order valence-electron chi connectivity index (χ2n) is 8.47. The molecule has 39 heavy (non-hydrogen) atoms. The summed E-state index contributed by atoms with van der Waals surface area (Å²) in [6.07, 6.45) is 0.343. The lowest BCUT2D eigenvalue weighted by Gasteiger charge is -2.10. The van der Waals surface area contributed by atoms with E-state index in [4.69, 9.17) is 22.1 Å². The van der Waals surface area contributed by atoms with Gasteiger partial charge < -0.3 is 15.8 Å². The summed E-state index contributed by atoms with van der Waals surface area (Å²) in [7, 11) is 1.69. The van der Waals surface area contributed by atoms with Crippen molar-refractivity contribution >= 4 is 50.7 Å². The summed E-state index contributed by atoms with van der Waals surface area (Å²) in [5, 5.41) is 12.0. The fourth-order valence-corrected chi connectivity index (χ4v) is 5.22. The van der Waals surface area contributed by atoms with Crippen LogP contribution in [0.1, 0.15) is 38.0 Å². The Labute approximate surface area is 229 Å². The molecule has 2 amide bonds. The number of amides is 2. The maximum Gasteiger partial charge on any atom is 0.280 e. The Morgan fingerprint density at radius 3 is 2.67 bits per heavy atom. The first kappa shape index (κ1) is 26.3. The van der Waals surface area contributed by atoms with Crippen molar-refractivity contribution in [3.05, 3.63) is 75.8 Å². The molecule has 0 saturated heterocycles. The number of alkyl halides is 2. The maximum atomic E-state index is 13.7. The molecule has 5 aromatic rings. The summed E-state index contributed by atoms with van der Waals surface area (Å²) in [6.45, 7) is 1.73. The van der Waals surface area contributed by atoms with E-state index in [1.807, 2.05) is 0 Å². The van der Waals surface area contributed by atoms with Crippen molar-refractivity contribution in [3.8, 4) is 16.9 Å². The molecule has 0 aliphatic heterocycles. The number of fused-ring (bicyclic) bond motifs is 1. The van der Waals surface area contributed by atoms with Crippen molar-refractivity contribution in [2.75, 3.05) is 5.32 Å². The number of ether oxygens (including phenoxy) is 1. The first-order valence-electron chi connectivity index (χ1n) is 11.4. The van der Waals surface area contributed by atoms with Crippen LogP contribution in [0.2, 0.25) is 5.02 Å². The topological polar surface area (TPSA) is 130 Å². The van der Waals surface area contributed by atoms with Crippen molar-refractivity contribution in [3.63, 3.8) is 0 Å². The van der Waals surface area contributed by atoms with Crippen molar-refractivity contribution in [2.45, 2.75) is 20.1 Å². The number of nitrogens with zero attached hydrogens (tertiary/aromatic N) is 5. The normalized spacial score (nSPS) is 11.3. The number of carbonyl (C=O) groups is 2. The highest BCUT2D eigenvalue weighted by Crippen LogP contribution is 2.43. The van der Waals surface area contributed by atoms with E-state index in [2.05, 4.69) is 20.5 Å². The summed E-state index contributed by atoms with van der Waals surface area (Å²) in [5.41, 5.74) is 6.65. The van der Waals surface area contributed by atoms with E-state index in [-0.39, 0.29) is 27.8 Å². The van der Waals surface area contributed by atoms with E-state index in [0.717, 1.165) is 11.3 Å². The van der Waals surface area contributed by atoms with Crippen molar-refractivity contribution in [2.24, 2.45) is 12.8 Å². The Balaban J connectivity index is 1.51. The molecule has 0 spiro atoms. The highest BCUT2D eigenvalue weighted by molar-refractivity contribution is 7.21. The maximum absolute atomic E-state index is 13.7. The molecule has 14 heteroatoms. The summed E-state index contributed by atoms with van der Waals surface area (Å²) < 4.78 is 36.0. The Bertz CT molecular complexity index is 1730. The van der Waals surface area contributed by atoms with E-state index < -0.39 is 23.9 Å². The van der Waals surface area contributed by atoms with Crippen LogP contribution in [-0.2, 0) is 13.8 Å². The molecule has 0 aliphatic carbocycles. The molecule has 4 heterocycles.